The average molecular weight is 302 g/mol. The number of aliphatic hydroxyl groups excluding tert-OH is 1. The van der Waals surface area contributed by atoms with Gasteiger partial charge in [0.2, 0.25) is 0 Å². The molecule has 0 amide bonds. The molecule has 0 aromatic heterocycles. The van der Waals surface area contributed by atoms with E-state index in [0.717, 1.165) is 12.8 Å². The molecule has 0 fully saturated rings. The average Bonchev–Trinajstić information content (AvgIpc) is 2.47. The first-order valence-electron chi connectivity index (χ1n) is 9.18. The van der Waals surface area contributed by atoms with Crippen molar-refractivity contribution in [3.8, 4) is 0 Å². The van der Waals surface area contributed by atoms with Crippen LogP contribution >= 0.6 is 0 Å². The SMILES string of the molecule is CCCCCCCCCCCCCCCCC(O)(O)CO. The predicted octanol–water partition coefficient (Wildman–Crippen LogP) is 4.53. The Morgan fingerprint density at radius 3 is 1.24 bits per heavy atom. The van der Waals surface area contributed by atoms with Crippen molar-refractivity contribution >= 4 is 0 Å². The molecule has 0 radical (unpaired) electrons. The summed E-state index contributed by atoms with van der Waals surface area (Å²) in [5, 5.41) is 27.1. The summed E-state index contributed by atoms with van der Waals surface area (Å²) in [5.74, 6) is -1.86. The first-order valence-corrected chi connectivity index (χ1v) is 9.18. The van der Waals surface area contributed by atoms with Crippen molar-refractivity contribution in [2.24, 2.45) is 0 Å². The number of aliphatic hydroxyl groups is 3. The fraction of sp³-hybridized carbons (Fsp3) is 1.00. The molecular weight excluding hydrogens is 264 g/mol. The van der Waals surface area contributed by atoms with Crippen LogP contribution in [-0.2, 0) is 0 Å². The van der Waals surface area contributed by atoms with Gasteiger partial charge in [0.1, 0.15) is 0 Å². The predicted molar refractivity (Wildman–Crippen MR) is 89.2 cm³/mol. The van der Waals surface area contributed by atoms with Crippen molar-refractivity contribution in [3.05, 3.63) is 0 Å². The highest BCUT2D eigenvalue weighted by molar-refractivity contribution is 4.62. The van der Waals surface area contributed by atoms with E-state index >= 15 is 0 Å². The van der Waals surface area contributed by atoms with Gasteiger partial charge in [-0.25, -0.2) is 0 Å². The molecule has 0 aromatic rings. The van der Waals surface area contributed by atoms with E-state index in [1.807, 2.05) is 0 Å². The number of unbranched alkanes of at least 4 members (excludes halogenated alkanes) is 13. The highest BCUT2D eigenvalue weighted by Gasteiger charge is 2.20. The lowest BCUT2D eigenvalue weighted by Crippen LogP contribution is -2.32. The Morgan fingerprint density at radius 1 is 0.571 bits per heavy atom. The van der Waals surface area contributed by atoms with Crippen LogP contribution < -0.4 is 0 Å². The van der Waals surface area contributed by atoms with Crippen molar-refractivity contribution in [2.75, 3.05) is 6.61 Å². The van der Waals surface area contributed by atoms with Gasteiger partial charge < -0.3 is 15.3 Å². The Morgan fingerprint density at radius 2 is 0.905 bits per heavy atom. The molecule has 0 bridgehead atoms. The maximum Gasteiger partial charge on any atom is 0.186 e. The van der Waals surface area contributed by atoms with E-state index in [1.165, 1.54) is 77.0 Å². The molecule has 0 aromatic carbocycles. The molecule has 0 saturated heterocycles. The van der Waals surface area contributed by atoms with Crippen molar-refractivity contribution in [1.82, 2.24) is 0 Å². The minimum atomic E-state index is -1.86. The van der Waals surface area contributed by atoms with Crippen LogP contribution in [0.15, 0.2) is 0 Å². The van der Waals surface area contributed by atoms with Crippen molar-refractivity contribution in [1.29, 1.82) is 0 Å². The van der Waals surface area contributed by atoms with Crippen LogP contribution in [0, 0.1) is 0 Å². The summed E-state index contributed by atoms with van der Waals surface area (Å²) in [6.07, 6.45) is 18.3. The van der Waals surface area contributed by atoms with Gasteiger partial charge in [0.15, 0.2) is 5.79 Å². The molecule has 0 saturated carbocycles. The van der Waals surface area contributed by atoms with Crippen LogP contribution in [0.5, 0.6) is 0 Å². The third kappa shape index (κ3) is 16.1. The van der Waals surface area contributed by atoms with Gasteiger partial charge in [-0.3, -0.25) is 0 Å². The zero-order valence-corrected chi connectivity index (χ0v) is 14.2. The number of hydrogen-bond donors (Lipinski definition) is 3. The summed E-state index contributed by atoms with van der Waals surface area (Å²) in [4.78, 5) is 0. The highest BCUT2D eigenvalue weighted by Crippen LogP contribution is 2.15. The third-order valence-corrected chi connectivity index (χ3v) is 4.18. The number of rotatable bonds is 16. The molecule has 0 unspecified atom stereocenters. The molecule has 21 heavy (non-hydrogen) atoms. The lowest BCUT2D eigenvalue weighted by Gasteiger charge is -2.18. The molecule has 0 rings (SSSR count). The van der Waals surface area contributed by atoms with Gasteiger partial charge in [-0.2, -0.15) is 0 Å². The lowest BCUT2D eigenvalue weighted by molar-refractivity contribution is -0.191. The van der Waals surface area contributed by atoms with Crippen LogP contribution in [0.4, 0.5) is 0 Å². The Kier molecular flexibility index (Phi) is 14.7. The molecule has 3 N–H and O–H groups in total. The fourth-order valence-corrected chi connectivity index (χ4v) is 2.68. The van der Waals surface area contributed by atoms with E-state index in [1.54, 1.807) is 0 Å². The summed E-state index contributed by atoms with van der Waals surface area (Å²) in [6, 6.07) is 0. The van der Waals surface area contributed by atoms with Crippen molar-refractivity contribution in [2.45, 2.75) is 109 Å². The smallest absolute Gasteiger partial charge is 0.186 e. The van der Waals surface area contributed by atoms with E-state index < -0.39 is 12.4 Å². The van der Waals surface area contributed by atoms with Gasteiger partial charge in [0.05, 0.1) is 6.61 Å². The van der Waals surface area contributed by atoms with E-state index in [9.17, 15) is 10.2 Å². The summed E-state index contributed by atoms with van der Waals surface area (Å²) >= 11 is 0. The highest BCUT2D eigenvalue weighted by atomic mass is 16.5. The molecule has 0 atom stereocenters. The topological polar surface area (TPSA) is 60.7 Å². The second kappa shape index (κ2) is 14.8. The second-order valence-electron chi connectivity index (χ2n) is 6.49. The van der Waals surface area contributed by atoms with Crippen LogP contribution in [0.1, 0.15) is 103 Å². The Bertz CT molecular complexity index is 205. The van der Waals surface area contributed by atoms with E-state index in [4.69, 9.17) is 5.11 Å². The zero-order chi connectivity index (χ0) is 15.8. The third-order valence-electron chi connectivity index (χ3n) is 4.18. The maximum atomic E-state index is 9.22. The van der Waals surface area contributed by atoms with Crippen LogP contribution in [0.2, 0.25) is 0 Å². The monoisotopic (exact) mass is 302 g/mol. The summed E-state index contributed by atoms with van der Waals surface area (Å²) in [7, 11) is 0. The quantitative estimate of drug-likeness (QED) is 0.290. The molecule has 3 nitrogen and oxygen atoms in total. The van der Waals surface area contributed by atoms with Crippen LogP contribution in [0.25, 0.3) is 0 Å². The minimum absolute atomic E-state index is 0.279. The second-order valence-corrected chi connectivity index (χ2v) is 6.49. The largest absolute Gasteiger partial charge is 0.391 e. The van der Waals surface area contributed by atoms with Crippen LogP contribution in [-0.4, -0.2) is 27.7 Å². The van der Waals surface area contributed by atoms with Gasteiger partial charge in [-0.05, 0) is 6.42 Å². The molecule has 128 valence electrons. The normalized spacial score (nSPS) is 12.0. The zero-order valence-electron chi connectivity index (χ0n) is 14.2. The van der Waals surface area contributed by atoms with Crippen molar-refractivity contribution in [3.63, 3.8) is 0 Å². The Labute approximate surface area is 131 Å². The van der Waals surface area contributed by atoms with E-state index in [2.05, 4.69) is 6.92 Å². The van der Waals surface area contributed by atoms with Gasteiger partial charge in [-0.15, -0.1) is 0 Å². The summed E-state index contributed by atoms with van der Waals surface area (Å²) < 4.78 is 0. The molecule has 3 heteroatoms. The molecule has 0 aliphatic heterocycles. The van der Waals surface area contributed by atoms with Gasteiger partial charge in [0, 0.05) is 6.42 Å². The molecular formula is C18H38O3. The minimum Gasteiger partial charge on any atom is -0.391 e. The van der Waals surface area contributed by atoms with Crippen LogP contribution in [0.3, 0.4) is 0 Å². The molecule has 0 aliphatic carbocycles. The molecule has 0 spiro atoms. The lowest BCUT2D eigenvalue weighted by atomic mass is 10.0. The Balaban J connectivity index is 3.06. The number of hydrogen-bond acceptors (Lipinski definition) is 3. The molecule has 0 heterocycles. The first kappa shape index (κ1) is 20.9. The fourth-order valence-electron chi connectivity index (χ4n) is 2.68. The van der Waals surface area contributed by atoms with Gasteiger partial charge in [-0.1, -0.05) is 90.4 Å². The van der Waals surface area contributed by atoms with E-state index in [-0.39, 0.29) is 6.42 Å². The van der Waals surface area contributed by atoms with Gasteiger partial charge >= 0.3 is 0 Å². The maximum absolute atomic E-state index is 9.22. The summed E-state index contributed by atoms with van der Waals surface area (Å²) in [5.41, 5.74) is 0. The van der Waals surface area contributed by atoms with E-state index in [0.29, 0.717) is 0 Å². The first-order chi connectivity index (χ1) is 10.1. The summed E-state index contributed by atoms with van der Waals surface area (Å²) in [6.45, 7) is 1.70. The van der Waals surface area contributed by atoms with Gasteiger partial charge in [0.25, 0.3) is 0 Å². The molecule has 0 aliphatic rings. The van der Waals surface area contributed by atoms with Crippen molar-refractivity contribution < 1.29 is 15.3 Å². The standard InChI is InChI=1S/C18H38O3/c1-2-3-4-5-6-7-8-9-10-11-12-13-14-15-16-18(20,21)17-19/h19-21H,2-17H2,1H3. The Hall–Kier alpha value is -0.120.